The van der Waals surface area contributed by atoms with E-state index < -0.39 is 24.1 Å². The van der Waals surface area contributed by atoms with Crippen molar-refractivity contribution >= 4 is 33.6 Å². The number of carbonyl (C=O) groups excluding carboxylic acids is 2. The summed E-state index contributed by atoms with van der Waals surface area (Å²) >= 11 is 3.53. The third-order valence-corrected chi connectivity index (χ3v) is 7.30. The number of aryl methyl sites for hydroxylation is 1. The van der Waals surface area contributed by atoms with Crippen molar-refractivity contribution in [2.45, 2.75) is 63.5 Å². The Labute approximate surface area is 207 Å². The number of benzene rings is 1. The van der Waals surface area contributed by atoms with E-state index in [1.54, 1.807) is 13.0 Å². The highest BCUT2D eigenvalue weighted by molar-refractivity contribution is 9.10. The molecular weight excluding hydrogens is 500 g/mol. The van der Waals surface area contributed by atoms with E-state index in [1.165, 1.54) is 0 Å². The lowest BCUT2D eigenvalue weighted by Gasteiger charge is -2.40. The van der Waals surface area contributed by atoms with Gasteiger partial charge in [0.2, 0.25) is 0 Å². The molecule has 1 aromatic carbocycles. The van der Waals surface area contributed by atoms with E-state index in [0.29, 0.717) is 36.6 Å². The normalized spacial score (nSPS) is 22.0. The zero-order valence-electron chi connectivity index (χ0n) is 19.7. The topological polar surface area (TPSA) is 127 Å². The summed E-state index contributed by atoms with van der Waals surface area (Å²) in [6, 6.07) is 6.64. The average molecular weight is 531 g/mol. The first kappa shape index (κ1) is 24.6. The minimum Gasteiger partial charge on any atom is -0.391 e. The number of rotatable bonds is 4. The number of hydrogen-bond donors (Lipinski definition) is 4. The molecule has 0 saturated carbocycles. The van der Waals surface area contributed by atoms with Crippen LogP contribution in [0.15, 0.2) is 28.7 Å². The monoisotopic (exact) mass is 530 g/mol. The largest absolute Gasteiger partial charge is 0.391 e. The second-order valence-electron chi connectivity index (χ2n) is 9.80. The molecule has 2 heterocycles. The molecule has 4 rings (SSSR count). The fourth-order valence-corrected chi connectivity index (χ4v) is 5.44. The Morgan fingerprint density at radius 1 is 1.24 bits per heavy atom. The molecule has 1 aliphatic carbocycles. The minimum atomic E-state index is -0.735. The number of nitrogens with zero attached hydrogens (tertiary/aromatic N) is 1. The van der Waals surface area contributed by atoms with Gasteiger partial charge in [-0.25, -0.2) is 9.78 Å². The lowest BCUT2D eigenvalue weighted by molar-refractivity contribution is 0.0844. The first-order valence-corrected chi connectivity index (χ1v) is 12.3. The smallest absolute Gasteiger partial charge is 0.319 e. The molecule has 9 heteroatoms. The van der Waals surface area contributed by atoms with E-state index in [0.717, 1.165) is 28.4 Å². The van der Waals surface area contributed by atoms with Crippen LogP contribution >= 0.6 is 15.9 Å². The van der Waals surface area contributed by atoms with Crippen LogP contribution < -0.4 is 16.4 Å². The third-order valence-electron chi connectivity index (χ3n) is 6.80. The molecule has 2 aromatic rings. The number of hydrogen-bond acceptors (Lipinski definition) is 5. The number of pyridine rings is 1. The Morgan fingerprint density at radius 3 is 2.62 bits per heavy atom. The van der Waals surface area contributed by atoms with Crippen LogP contribution in [0.5, 0.6) is 0 Å². The van der Waals surface area contributed by atoms with Crippen molar-refractivity contribution < 1.29 is 19.4 Å². The van der Waals surface area contributed by atoms with Crippen LogP contribution in [0.25, 0.3) is 0 Å². The number of aromatic nitrogens is 1. The maximum Gasteiger partial charge on any atom is 0.319 e. The highest BCUT2D eigenvalue weighted by Gasteiger charge is 2.39. The average Bonchev–Trinajstić information content (AvgIpc) is 2.77. The van der Waals surface area contributed by atoms with Gasteiger partial charge in [0.1, 0.15) is 5.69 Å². The molecule has 1 saturated heterocycles. The van der Waals surface area contributed by atoms with Gasteiger partial charge in [-0.15, -0.1) is 0 Å². The summed E-state index contributed by atoms with van der Waals surface area (Å²) in [5, 5.41) is 16.8. The molecule has 0 spiro atoms. The van der Waals surface area contributed by atoms with Crippen molar-refractivity contribution in [1.29, 1.82) is 0 Å². The standard InChI is InChI=1S/C25H31BrN4O4/c1-13-10-18(21(29-20(13)23(27)32)14-6-8-34-9-7-14)28-24(33)30-22-16-5-4-15(26)11-17(16)25(2,3)12-19(22)31/h4-5,10-11,14,19,22,31H,6-9,12H2,1-3H3,(H2,27,32)(H2,28,30,33)/t19-,22-/m1/s1. The highest BCUT2D eigenvalue weighted by Crippen LogP contribution is 2.43. The van der Waals surface area contributed by atoms with Crippen LogP contribution in [0.2, 0.25) is 0 Å². The van der Waals surface area contributed by atoms with Gasteiger partial charge in [0.25, 0.3) is 5.91 Å². The molecule has 2 aliphatic rings. The Kier molecular flexibility index (Phi) is 6.98. The van der Waals surface area contributed by atoms with E-state index in [4.69, 9.17) is 10.5 Å². The minimum absolute atomic E-state index is 0.0434. The Hall–Kier alpha value is -2.49. The second kappa shape index (κ2) is 9.64. The summed E-state index contributed by atoms with van der Waals surface area (Å²) in [5.74, 6) is -0.556. The quantitative estimate of drug-likeness (QED) is 0.474. The van der Waals surface area contributed by atoms with E-state index in [9.17, 15) is 14.7 Å². The molecule has 5 N–H and O–H groups in total. The van der Waals surface area contributed by atoms with Gasteiger partial charge in [0, 0.05) is 23.6 Å². The van der Waals surface area contributed by atoms with Gasteiger partial charge < -0.3 is 26.2 Å². The molecular formula is C25H31BrN4O4. The Morgan fingerprint density at radius 2 is 1.94 bits per heavy atom. The van der Waals surface area contributed by atoms with E-state index in [2.05, 4.69) is 45.4 Å². The van der Waals surface area contributed by atoms with Gasteiger partial charge in [0.05, 0.1) is 23.5 Å². The number of aliphatic hydroxyl groups is 1. The van der Waals surface area contributed by atoms with Crippen LogP contribution in [0.4, 0.5) is 10.5 Å². The predicted octanol–water partition coefficient (Wildman–Crippen LogP) is 4.05. The molecule has 1 fully saturated rings. The number of urea groups is 1. The maximum atomic E-state index is 13.1. The molecule has 34 heavy (non-hydrogen) atoms. The second-order valence-corrected chi connectivity index (χ2v) is 10.7. The van der Waals surface area contributed by atoms with Crippen LogP contribution in [-0.2, 0) is 10.2 Å². The summed E-state index contributed by atoms with van der Waals surface area (Å²) in [6.07, 6.45) is 1.26. The summed E-state index contributed by atoms with van der Waals surface area (Å²) in [6.45, 7) is 7.10. The van der Waals surface area contributed by atoms with Crippen LogP contribution in [0, 0.1) is 6.92 Å². The first-order valence-electron chi connectivity index (χ1n) is 11.5. The van der Waals surface area contributed by atoms with Crippen molar-refractivity contribution in [3.8, 4) is 0 Å². The summed E-state index contributed by atoms with van der Waals surface area (Å²) in [5.41, 5.74) is 9.24. The number of carbonyl (C=O) groups is 2. The number of nitrogens with two attached hydrogens (primary N) is 1. The maximum absolute atomic E-state index is 13.1. The van der Waals surface area contributed by atoms with Crippen LogP contribution in [-0.4, -0.2) is 41.3 Å². The van der Waals surface area contributed by atoms with Crippen LogP contribution in [0.1, 0.15) is 77.9 Å². The van der Waals surface area contributed by atoms with Gasteiger partial charge in [0.15, 0.2) is 0 Å². The zero-order chi connectivity index (χ0) is 24.6. The van der Waals surface area contributed by atoms with Crippen molar-refractivity contribution in [2.24, 2.45) is 5.73 Å². The number of fused-ring (bicyclic) bond motifs is 1. The molecule has 8 nitrogen and oxygen atoms in total. The van der Waals surface area contributed by atoms with Crippen molar-refractivity contribution in [2.75, 3.05) is 18.5 Å². The Balaban J connectivity index is 1.62. The van der Waals surface area contributed by atoms with Crippen molar-refractivity contribution in [3.05, 3.63) is 56.8 Å². The number of anilines is 1. The molecule has 3 amide bonds. The Bertz CT molecular complexity index is 1110. The number of primary amides is 1. The number of aliphatic hydroxyl groups excluding tert-OH is 1. The fraction of sp³-hybridized carbons (Fsp3) is 0.480. The summed E-state index contributed by atoms with van der Waals surface area (Å²) in [4.78, 5) is 29.6. The lowest BCUT2D eigenvalue weighted by atomic mass is 9.70. The van der Waals surface area contributed by atoms with Crippen molar-refractivity contribution in [1.82, 2.24) is 10.3 Å². The summed E-state index contributed by atoms with van der Waals surface area (Å²) < 4.78 is 6.42. The molecule has 2 atom stereocenters. The third kappa shape index (κ3) is 4.96. The van der Waals surface area contributed by atoms with Crippen molar-refractivity contribution in [3.63, 3.8) is 0 Å². The molecule has 0 radical (unpaired) electrons. The van der Waals surface area contributed by atoms with Gasteiger partial charge in [-0.2, -0.15) is 0 Å². The van der Waals surface area contributed by atoms with Gasteiger partial charge in [-0.1, -0.05) is 35.8 Å². The van der Waals surface area contributed by atoms with Gasteiger partial charge in [-0.3, -0.25) is 4.79 Å². The highest BCUT2D eigenvalue weighted by atomic mass is 79.9. The molecule has 1 aromatic heterocycles. The molecule has 0 unspecified atom stereocenters. The van der Waals surface area contributed by atoms with Gasteiger partial charge in [-0.05, 0) is 66.5 Å². The zero-order valence-corrected chi connectivity index (χ0v) is 21.2. The number of amides is 3. The predicted molar refractivity (Wildman–Crippen MR) is 133 cm³/mol. The lowest BCUT2D eigenvalue weighted by Crippen LogP contribution is -2.45. The first-order chi connectivity index (χ1) is 16.1. The van der Waals surface area contributed by atoms with E-state index in [1.807, 2.05) is 18.2 Å². The SMILES string of the molecule is Cc1cc(NC(=O)N[C@@H]2c3ccc(Br)cc3C(C)(C)C[C@H]2O)c(C2CCOCC2)nc1C(N)=O. The number of ether oxygens (including phenoxy) is 1. The van der Waals surface area contributed by atoms with Gasteiger partial charge >= 0.3 is 6.03 Å². The fourth-order valence-electron chi connectivity index (χ4n) is 5.08. The number of halogens is 1. The molecule has 0 bridgehead atoms. The molecule has 1 aliphatic heterocycles. The van der Waals surface area contributed by atoms with Crippen LogP contribution in [0.3, 0.4) is 0 Å². The molecule has 182 valence electrons. The van der Waals surface area contributed by atoms with E-state index in [-0.39, 0.29) is 17.0 Å². The van der Waals surface area contributed by atoms with E-state index >= 15 is 0 Å². The summed E-state index contributed by atoms with van der Waals surface area (Å²) in [7, 11) is 0. The number of nitrogens with one attached hydrogen (secondary N) is 2.